The van der Waals surface area contributed by atoms with E-state index in [2.05, 4.69) is 6.07 Å². The van der Waals surface area contributed by atoms with Crippen LogP contribution in [0.1, 0.15) is 21.6 Å². The number of nitrogens with zero attached hydrogens (tertiary/aromatic N) is 4. The molecule has 0 spiro atoms. The summed E-state index contributed by atoms with van der Waals surface area (Å²) in [7, 11) is 0. The molecular weight excluding hydrogens is 314 g/mol. The molecule has 0 unspecified atom stereocenters. The van der Waals surface area contributed by atoms with Crippen molar-refractivity contribution in [2.75, 3.05) is 17.2 Å². The van der Waals surface area contributed by atoms with Gasteiger partial charge in [-0.05, 0) is 18.1 Å². The third kappa shape index (κ3) is 2.45. The number of hydrogen-bond acceptors (Lipinski definition) is 7. The van der Waals surface area contributed by atoms with Crippen LogP contribution in [0.2, 0.25) is 0 Å². The second-order valence-electron chi connectivity index (χ2n) is 5.10. The van der Waals surface area contributed by atoms with Gasteiger partial charge in [-0.15, -0.1) is 11.3 Å². The molecule has 1 aliphatic heterocycles. The quantitative estimate of drug-likeness (QED) is 0.669. The Morgan fingerprint density at radius 2 is 2.13 bits per heavy atom. The van der Waals surface area contributed by atoms with Crippen LogP contribution in [-0.2, 0) is 13.0 Å². The number of nitro benzene ring substituents is 1. The second kappa shape index (κ2) is 5.59. The molecule has 0 radical (unpaired) electrons. The van der Waals surface area contributed by atoms with Crippen LogP contribution in [0, 0.1) is 32.8 Å². The third-order valence-corrected chi connectivity index (χ3v) is 4.89. The number of hydrogen-bond donors (Lipinski definition) is 1. The molecule has 0 saturated carbocycles. The minimum atomic E-state index is -0.516. The number of nitrogen functional groups attached to an aromatic ring is 1. The smallest absolute Gasteiger partial charge is 0.270 e. The molecule has 3 rings (SSSR count). The molecule has 1 aliphatic rings. The zero-order chi connectivity index (χ0) is 16.6. The van der Waals surface area contributed by atoms with Crippen molar-refractivity contribution in [3.05, 3.63) is 49.9 Å². The molecule has 0 amide bonds. The maximum atomic E-state index is 10.8. The lowest BCUT2D eigenvalue weighted by molar-refractivity contribution is -0.384. The zero-order valence-corrected chi connectivity index (χ0v) is 12.8. The fourth-order valence-corrected chi connectivity index (χ4v) is 3.84. The van der Waals surface area contributed by atoms with Gasteiger partial charge in [-0.2, -0.15) is 10.5 Å². The number of rotatable bonds is 2. The van der Waals surface area contributed by atoms with Gasteiger partial charge in [0.25, 0.3) is 5.69 Å². The monoisotopic (exact) mass is 325 g/mol. The first-order valence-corrected chi connectivity index (χ1v) is 7.60. The first-order chi connectivity index (χ1) is 11.0. The number of non-ortho nitro benzene ring substituents is 1. The van der Waals surface area contributed by atoms with E-state index in [1.165, 1.54) is 23.5 Å². The lowest BCUT2D eigenvalue weighted by Gasteiger charge is -2.29. The van der Waals surface area contributed by atoms with Gasteiger partial charge in [-0.1, -0.05) is 0 Å². The van der Waals surface area contributed by atoms with Gasteiger partial charge < -0.3 is 10.6 Å². The molecule has 2 aromatic rings. The normalized spacial score (nSPS) is 13.0. The fourth-order valence-electron chi connectivity index (χ4n) is 2.76. The van der Waals surface area contributed by atoms with Gasteiger partial charge in [0.05, 0.1) is 28.3 Å². The highest BCUT2D eigenvalue weighted by Crippen LogP contribution is 2.37. The lowest BCUT2D eigenvalue weighted by Crippen LogP contribution is -2.30. The number of benzene rings is 1. The molecule has 0 fully saturated rings. The highest BCUT2D eigenvalue weighted by atomic mass is 32.1. The molecular formula is C15H11N5O2S. The summed E-state index contributed by atoms with van der Waals surface area (Å²) in [4.78, 5) is 13.3. The van der Waals surface area contributed by atoms with Crippen LogP contribution in [0.3, 0.4) is 0 Å². The highest BCUT2D eigenvalue weighted by molar-refractivity contribution is 7.16. The minimum Gasteiger partial charge on any atom is -0.389 e. The molecule has 0 atom stereocenters. The highest BCUT2D eigenvalue weighted by Gasteiger charge is 2.25. The summed E-state index contributed by atoms with van der Waals surface area (Å²) in [5.74, 6) is 0. The summed E-state index contributed by atoms with van der Waals surface area (Å²) in [6.45, 7) is 1.17. The van der Waals surface area contributed by atoms with E-state index in [1.54, 1.807) is 6.07 Å². The number of nitrogens with two attached hydrogens (primary N) is 1. The van der Waals surface area contributed by atoms with E-state index in [0.29, 0.717) is 35.8 Å². The van der Waals surface area contributed by atoms with E-state index in [1.807, 2.05) is 11.0 Å². The summed E-state index contributed by atoms with van der Waals surface area (Å²) in [5.41, 5.74) is 8.23. The van der Waals surface area contributed by atoms with Crippen molar-refractivity contribution >= 4 is 27.7 Å². The standard InChI is InChI=1S/C15H11N5O2S/c16-6-9-5-10(20(21)22)1-2-13(9)19-4-3-11-12(7-17)15(18)23-14(11)8-19/h1-2,5H,3-4,8,18H2. The van der Waals surface area contributed by atoms with E-state index >= 15 is 0 Å². The van der Waals surface area contributed by atoms with Crippen LogP contribution in [0.15, 0.2) is 18.2 Å². The van der Waals surface area contributed by atoms with Gasteiger partial charge in [-0.25, -0.2) is 0 Å². The van der Waals surface area contributed by atoms with Gasteiger partial charge in [0.2, 0.25) is 0 Å². The van der Waals surface area contributed by atoms with Crippen molar-refractivity contribution in [2.24, 2.45) is 0 Å². The maximum absolute atomic E-state index is 10.8. The van der Waals surface area contributed by atoms with Crippen LogP contribution in [0.5, 0.6) is 0 Å². The summed E-state index contributed by atoms with van der Waals surface area (Å²) in [6, 6.07) is 8.45. The molecule has 2 heterocycles. The van der Waals surface area contributed by atoms with E-state index in [9.17, 15) is 15.4 Å². The van der Waals surface area contributed by atoms with Crippen LogP contribution < -0.4 is 10.6 Å². The average molecular weight is 325 g/mol. The molecule has 1 aromatic heterocycles. The first-order valence-electron chi connectivity index (χ1n) is 6.78. The minimum absolute atomic E-state index is 0.102. The van der Waals surface area contributed by atoms with Gasteiger partial charge in [0.1, 0.15) is 17.1 Å². The number of anilines is 2. The van der Waals surface area contributed by atoms with Gasteiger partial charge in [-0.3, -0.25) is 10.1 Å². The molecule has 1 aromatic carbocycles. The van der Waals surface area contributed by atoms with Crippen LogP contribution >= 0.6 is 11.3 Å². The third-order valence-electron chi connectivity index (χ3n) is 3.85. The Hall–Kier alpha value is -3.10. The summed E-state index contributed by atoms with van der Waals surface area (Å²) >= 11 is 1.38. The largest absolute Gasteiger partial charge is 0.389 e. The molecule has 23 heavy (non-hydrogen) atoms. The van der Waals surface area contributed by atoms with Gasteiger partial charge in [0.15, 0.2) is 0 Å². The zero-order valence-electron chi connectivity index (χ0n) is 11.9. The van der Waals surface area contributed by atoms with Crippen molar-refractivity contribution in [1.82, 2.24) is 0 Å². The summed E-state index contributed by atoms with van der Waals surface area (Å²) in [6.07, 6.45) is 0.660. The number of nitro groups is 1. The molecule has 0 saturated heterocycles. The molecule has 0 bridgehead atoms. The van der Waals surface area contributed by atoms with Crippen LogP contribution in [0.25, 0.3) is 0 Å². The Bertz CT molecular complexity index is 890. The predicted molar refractivity (Wildman–Crippen MR) is 86.0 cm³/mol. The summed E-state index contributed by atoms with van der Waals surface area (Å²) in [5, 5.41) is 29.8. The lowest BCUT2D eigenvalue weighted by atomic mass is 10.0. The molecule has 0 aliphatic carbocycles. The van der Waals surface area contributed by atoms with E-state index in [-0.39, 0.29) is 11.3 Å². The Morgan fingerprint density at radius 1 is 1.35 bits per heavy atom. The predicted octanol–water partition coefficient (Wildman–Crippen LogP) is 2.54. The maximum Gasteiger partial charge on any atom is 0.270 e. The fraction of sp³-hybridized carbons (Fsp3) is 0.200. The summed E-state index contributed by atoms with van der Waals surface area (Å²) < 4.78 is 0. The SMILES string of the molecule is N#Cc1cc([N+](=O)[O-])ccc1N1CCc2c(sc(N)c2C#N)C1. The molecule has 114 valence electrons. The van der Waals surface area contributed by atoms with Gasteiger partial charge in [0, 0.05) is 23.6 Å². The van der Waals surface area contributed by atoms with Crippen molar-refractivity contribution in [1.29, 1.82) is 10.5 Å². The van der Waals surface area contributed by atoms with E-state index in [4.69, 9.17) is 11.0 Å². The Morgan fingerprint density at radius 3 is 2.78 bits per heavy atom. The Labute approximate surface area is 135 Å². The van der Waals surface area contributed by atoms with Crippen molar-refractivity contribution in [2.45, 2.75) is 13.0 Å². The Balaban J connectivity index is 1.97. The van der Waals surface area contributed by atoms with Crippen LogP contribution in [0.4, 0.5) is 16.4 Å². The molecule has 8 heteroatoms. The topological polar surface area (TPSA) is 120 Å². The molecule has 2 N–H and O–H groups in total. The van der Waals surface area contributed by atoms with E-state index < -0.39 is 4.92 Å². The Kier molecular flexibility index (Phi) is 3.61. The van der Waals surface area contributed by atoms with Crippen LogP contribution in [-0.4, -0.2) is 11.5 Å². The van der Waals surface area contributed by atoms with E-state index in [0.717, 1.165) is 10.4 Å². The second-order valence-corrected chi connectivity index (χ2v) is 6.23. The number of thiophene rings is 1. The average Bonchev–Trinajstić information content (AvgIpc) is 2.88. The molecule has 7 nitrogen and oxygen atoms in total. The van der Waals surface area contributed by atoms with Crippen molar-refractivity contribution in [3.8, 4) is 12.1 Å². The first kappa shape index (κ1) is 14.8. The number of nitriles is 2. The van der Waals surface area contributed by atoms with Crippen molar-refractivity contribution < 1.29 is 4.92 Å². The number of fused-ring (bicyclic) bond motifs is 1. The van der Waals surface area contributed by atoms with Gasteiger partial charge >= 0.3 is 0 Å². The van der Waals surface area contributed by atoms with Crippen molar-refractivity contribution in [3.63, 3.8) is 0 Å².